The van der Waals surface area contributed by atoms with E-state index in [2.05, 4.69) is 4.90 Å². The predicted octanol–water partition coefficient (Wildman–Crippen LogP) is 2.24. The standard InChI is InChI=1S/C25H33N3O6S/c1-4-33-25(30)18-27-10-9-26(3)16-21-13-22(15-23(14-21)19-29)17-28(12-11-27)34-35(31,32)24-7-5-20(2)6-8-24/h5-8,13-15,19H,4,9-12,16-18H2,1-3H3. The highest BCUT2D eigenvalue weighted by atomic mass is 32.2. The molecule has 0 spiro atoms. The average Bonchev–Trinajstić information content (AvgIpc) is 2.80. The van der Waals surface area contributed by atoms with Crippen LogP contribution in [0.3, 0.4) is 0 Å². The van der Waals surface area contributed by atoms with Crippen LogP contribution in [-0.4, -0.2) is 81.9 Å². The first kappa shape index (κ1) is 27.0. The van der Waals surface area contributed by atoms with Gasteiger partial charge in [0.15, 0.2) is 0 Å². The molecular weight excluding hydrogens is 470 g/mol. The number of carbonyl (C=O) groups excluding carboxylic acids is 2. The Kier molecular flexibility index (Phi) is 9.53. The fraction of sp³-hybridized carbons (Fsp3) is 0.440. The van der Waals surface area contributed by atoms with Crippen LogP contribution in [-0.2, 0) is 37.0 Å². The number of hydrogen-bond donors (Lipinski definition) is 0. The minimum absolute atomic E-state index is 0.0570. The van der Waals surface area contributed by atoms with Crippen LogP contribution in [0.1, 0.15) is 34.0 Å². The van der Waals surface area contributed by atoms with Crippen molar-refractivity contribution in [2.24, 2.45) is 0 Å². The van der Waals surface area contributed by atoms with E-state index in [4.69, 9.17) is 9.02 Å². The summed E-state index contributed by atoms with van der Waals surface area (Å²) in [7, 11) is -2.09. The molecule has 2 bridgehead atoms. The minimum atomic E-state index is -4.07. The second kappa shape index (κ2) is 12.4. The summed E-state index contributed by atoms with van der Waals surface area (Å²) in [4.78, 5) is 27.8. The largest absolute Gasteiger partial charge is 0.465 e. The lowest BCUT2D eigenvalue weighted by molar-refractivity contribution is -0.145. The van der Waals surface area contributed by atoms with Gasteiger partial charge in [-0.25, -0.2) is 0 Å². The van der Waals surface area contributed by atoms with E-state index in [1.807, 2.05) is 31.0 Å². The molecule has 0 unspecified atom stereocenters. The highest BCUT2D eigenvalue weighted by molar-refractivity contribution is 7.86. The second-order valence-corrected chi connectivity index (χ2v) is 10.3. The molecule has 0 aromatic heterocycles. The van der Waals surface area contributed by atoms with Gasteiger partial charge in [0.2, 0.25) is 0 Å². The topological polar surface area (TPSA) is 96.5 Å². The molecule has 10 heteroatoms. The number of aryl methyl sites for hydroxylation is 1. The first-order chi connectivity index (χ1) is 16.7. The quantitative estimate of drug-likeness (QED) is 0.416. The van der Waals surface area contributed by atoms with Gasteiger partial charge in [0.25, 0.3) is 0 Å². The molecule has 9 nitrogen and oxygen atoms in total. The summed E-state index contributed by atoms with van der Waals surface area (Å²) in [6.45, 7) is 6.63. The monoisotopic (exact) mass is 503 g/mol. The number of esters is 1. The van der Waals surface area contributed by atoms with Gasteiger partial charge in [0, 0.05) is 38.3 Å². The van der Waals surface area contributed by atoms with Gasteiger partial charge in [-0.05, 0) is 56.3 Å². The number of nitrogens with zero attached hydrogens (tertiary/aromatic N) is 3. The molecule has 35 heavy (non-hydrogen) atoms. The van der Waals surface area contributed by atoms with Gasteiger partial charge in [0.1, 0.15) is 6.29 Å². The molecule has 0 fully saturated rings. The SMILES string of the molecule is CCOC(=O)CN1CCN(C)Cc2cc(C=O)cc(c2)CN(OS(=O)(=O)c2ccc(C)cc2)CC1. The molecule has 0 amide bonds. The van der Waals surface area contributed by atoms with Gasteiger partial charge in [-0.1, -0.05) is 23.8 Å². The number of benzene rings is 2. The van der Waals surface area contributed by atoms with E-state index in [9.17, 15) is 18.0 Å². The molecule has 1 aliphatic rings. The average molecular weight is 504 g/mol. The van der Waals surface area contributed by atoms with E-state index in [-0.39, 0.29) is 30.5 Å². The van der Waals surface area contributed by atoms with Crippen molar-refractivity contribution in [2.75, 3.05) is 46.4 Å². The zero-order valence-corrected chi connectivity index (χ0v) is 21.3. The fourth-order valence-electron chi connectivity index (χ4n) is 3.89. The Hall–Kier alpha value is -2.63. The molecule has 2 aromatic carbocycles. The fourth-order valence-corrected chi connectivity index (χ4v) is 4.85. The van der Waals surface area contributed by atoms with Crippen molar-refractivity contribution in [1.82, 2.24) is 14.9 Å². The van der Waals surface area contributed by atoms with Crippen molar-refractivity contribution in [3.63, 3.8) is 0 Å². The van der Waals surface area contributed by atoms with Crippen LogP contribution in [0.15, 0.2) is 47.4 Å². The van der Waals surface area contributed by atoms with Crippen LogP contribution < -0.4 is 0 Å². The summed E-state index contributed by atoms with van der Waals surface area (Å²) >= 11 is 0. The number of likely N-dealkylation sites (N-methyl/N-ethyl adjacent to an activating group) is 1. The Bertz CT molecular complexity index is 1120. The Morgan fingerprint density at radius 3 is 2.31 bits per heavy atom. The number of aldehydes is 1. The summed E-state index contributed by atoms with van der Waals surface area (Å²) in [6.07, 6.45) is 0.786. The van der Waals surface area contributed by atoms with Crippen molar-refractivity contribution in [3.05, 3.63) is 64.7 Å². The molecule has 0 saturated heterocycles. The zero-order valence-electron chi connectivity index (χ0n) is 20.5. The Morgan fingerprint density at radius 2 is 1.66 bits per heavy atom. The first-order valence-electron chi connectivity index (χ1n) is 11.6. The van der Waals surface area contributed by atoms with Crippen molar-refractivity contribution in [3.8, 4) is 0 Å². The summed E-state index contributed by atoms with van der Waals surface area (Å²) in [5, 5.41) is 1.37. The summed E-state index contributed by atoms with van der Waals surface area (Å²) in [5.41, 5.74) is 3.15. The lowest BCUT2D eigenvalue weighted by atomic mass is 10.1. The number of rotatable bonds is 7. The molecule has 0 aliphatic carbocycles. The molecule has 0 atom stereocenters. The van der Waals surface area contributed by atoms with E-state index in [1.54, 1.807) is 25.1 Å². The van der Waals surface area contributed by atoms with Gasteiger partial charge < -0.3 is 9.64 Å². The molecule has 0 radical (unpaired) electrons. The highest BCUT2D eigenvalue weighted by Crippen LogP contribution is 2.19. The number of hydroxylamine groups is 2. The van der Waals surface area contributed by atoms with E-state index >= 15 is 0 Å². The Balaban J connectivity index is 1.89. The molecule has 0 saturated carbocycles. The second-order valence-electron chi connectivity index (χ2n) is 8.72. The van der Waals surface area contributed by atoms with E-state index in [1.165, 1.54) is 17.2 Å². The molecule has 1 aliphatic heterocycles. The van der Waals surface area contributed by atoms with Crippen LogP contribution in [0, 0.1) is 6.92 Å². The Labute approximate surface area is 207 Å². The maximum atomic E-state index is 13.0. The number of hydrogen-bond acceptors (Lipinski definition) is 9. The van der Waals surface area contributed by atoms with E-state index in [0.717, 1.165) is 23.0 Å². The van der Waals surface area contributed by atoms with E-state index < -0.39 is 10.1 Å². The van der Waals surface area contributed by atoms with Gasteiger partial charge in [-0.3, -0.25) is 14.5 Å². The predicted molar refractivity (Wildman–Crippen MR) is 131 cm³/mol. The van der Waals surface area contributed by atoms with Crippen LogP contribution in [0.2, 0.25) is 0 Å². The van der Waals surface area contributed by atoms with Crippen molar-refractivity contribution < 1.29 is 27.0 Å². The minimum Gasteiger partial charge on any atom is -0.465 e. The van der Waals surface area contributed by atoms with Gasteiger partial charge in [0.05, 0.1) is 24.6 Å². The molecular formula is C25H33N3O6S. The third-order valence-corrected chi connectivity index (χ3v) is 6.91. The Morgan fingerprint density at radius 1 is 1.00 bits per heavy atom. The van der Waals surface area contributed by atoms with Crippen molar-refractivity contribution in [2.45, 2.75) is 31.8 Å². The lowest BCUT2D eigenvalue weighted by Gasteiger charge is -2.29. The zero-order chi connectivity index (χ0) is 25.4. The van der Waals surface area contributed by atoms with E-state index in [0.29, 0.717) is 38.3 Å². The van der Waals surface area contributed by atoms with Gasteiger partial charge >= 0.3 is 16.1 Å². The lowest BCUT2D eigenvalue weighted by Crippen LogP contribution is -2.42. The number of ether oxygens (including phenoxy) is 1. The maximum absolute atomic E-state index is 13.0. The third-order valence-electron chi connectivity index (χ3n) is 5.66. The summed E-state index contributed by atoms with van der Waals surface area (Å²) in [6, 6.07) is 11.9. The maximum Gasteiger partial charge on any atom is 0.320 e. The molecule has 190 valence electrons. The van der Waals surface area contributed by atoms with Gasteiger partial charge in [-0.2, -0.15) is 17.8 Å². The normalized spacial score (nSPS) is 16.8. The summed E-state index contributed by atoms with van der Waals surface area (Å²) < 4.78 is 36.7. The smallest absolute Gasteiger partial charge is 0.320 e. The first-order valence-corrected chi connectivity index (χ1v) is 13.0. The van der Waals surface area contributed by atoms with Crippen LogP contribution in [0.25, 0.3) is 0 Å². The van der Waals surface area contributed by atoms with Gasteiger partial charge in [-0.15, -0.1) is 0 Å². The molecule has 0 N–H and O–H groups in total. The third kappa shape index (κ3) is 8.22. The van der Waals surface area contributed by atoms with Crippen molar-refractivity contribution in [1.29, 1.82) is 0 Å². The number of fused-ring (bicyclic) bond motifs is 2. The summed E-state index contributed by atoms with van der Waals surface area (Å²) in [5.74, 6) is -0.331. The highest BCUT2D eigenvalue weighted by Gasteiger charge is 2.23. The molecule has 2 aromatic rings. The van der Waals surface area contributed by atoms with Crippen molar-refractivity contribution >= 4 is 22.4 Å². The molecule has 3 rings (SSSR count). The van der Waals surface area contributed by atoms with Crippen LogP contribution in [0.5, 0.6) is 0 Å². The molecule has 1 heterocycles. The number of carbonyl (C=O) groups is 2. The van der Waals surface area contributed by atoms with Crippen LogP contribution >= 0.6 is 0 Å². The van der Waals surface area contributed by atoms with Crippen LogP contribution in [0.4, 0.5) is 0 Å².